The Kier molecular flexibility index (Phi) is 3.81. The Balaban J connectivity index is 1.95. The number of hydrogen-bond donors (Lipinski definition) is 1. The monoisotopic (exact) mass is 330 g/mol. The molecule has 0 saturated heterocycles. The fourth-order valence-electron chi connectivity index (χ4n) is 2.37. The van der Waals surface area contributed by atoms with E-state index in [1.54, 1.807) is 42.5 Å². The molecule has 2 aromatic carbocycles. The molecule has 3 aromatic rings. The summed E-state index contributed by atoms with van der Waals surface area (Å²) >= 11 is 0. The molecule has 0 fully saturated rings. The topological polar surface area (TPSA) is 90.9 Å². The molecule has 0 atom stereocenters. The molecule has 23 heavy (non-hydrogen) atoms. The van der Waals surface area contributed by atoms with Gasteiger partial charge in [-0.2, -0.15) is 4.80 Å². The third-order valence-electron chi connectivity index (χ3n) is 3.38. The van der Waals surface area contributed by atoms with Crippen LogP contribution >= 0.6 is 0 Å². The minimum atomic E-state index is -3.26. The first kappa shape index (κ1) is 15.5. The smallest absolute Gasteiger partial charge is 0.178 e. The molecule has 0 unspecified atom stereocenters. The molecule has 1 heterocycles. The Labute approximate surface area is 134 Å². The largest absolute Gasteiger partial charge is 0.399 e. The zero-order valence-corrected chi connectivity index (χ0v) is 13.8. The van der Waals surface area contributed by atoms with Gasteiger partial charge in [-0.1, -0.05) is 13.8 Å². The third kappa shape index (κ3) is 3.19. The van der Waals surface area contributed by atoms with E-state index in [1.807, 2.05) is 13.8 Å². The van der Waals surface area contributed by atoms with Crippen molar-refractivity contribution in [3.63, 3.8) is 0 Å². The second-order valence-electron chi connectivity index (χ2n) is 5.91. The standard InChI is InChI=1S/C16H18N4O2S/c1-11(2)10-23(21,22)14-6-4-13(5-7-14)20-18-15-8-3-12(17)9-16(15)19-20/h3-9,11H,10,17H2,1-2H3. The zero-order chi connectivity index (χ0) is 16.6. The predicted molar refractivity (Wildman–Crippen MR) is 90.2 cm³/mol. The minimum Gasteiger partial charge on any atom is -0.399 e. The van der Waals surface area contributed by atoms with Gasteiger partial charge in [0, 0.05) is 5.69 Å². The van der Waals surface area contributed by atoms with Crippen molar-refractivity contribution in [2.75, 3.05) is 11.5 Å². The number of nitrogens with zero attached hydrogens (tertiary/aromatic N) is 3. The van der Waals surface area contributed by atoms with Crippen LogP contribution in [0.5, 0.6) is 0 Å². The zero-order valence-electron chi connectivity index (χ0n) is 13.0. The van der Waals surface area contributed by atoms with Crippen molar-refractivity contribution >= 4 is 26.6 Å². The lowest BCUT2D eigenvalue weighted by molar-refractivity contribution is 0.582. The molecule has 120 valence electrons. The second-order valence-corrected chi connectivity index (χ2v) is 7.94. The molecule has 1 aromatic heterocycles. The van der Waals surface area contributed by atoms with Gasteiger partial charge < -0.3 is 5.73 Å². The Morgan fingerprint density at radius 3 is 2.35 bits per heavy atom. The van der Waals surface area contributed by atoms with Gasteiger partial charge in [0.05, 0.1) is 16.3 Å². The number of sulfone groups is 1. The first-order valence-corrected chi connectivity index (χ1v) is 8.96. The van der Waals surface area contributed by atoms with Gasteiger partial charge in [0.25, 0.3) is 0 Å². The summed E-state index contributed by atoms with van der Waals surface area (Å²) in [5, 5.41) is 8.73. The van der Waals surface area contributed by atoms with Crippen LogP contribution in [0.4, 0.5) is 5.69 Å². The first-order chi connectivity index (χ1) is 10.8. The van der Waals surface area contributed by atoms with Crippen LogP contribution in [-0.4, -0.2) is 29.2 Å². The first-order valence-electron chi connectivity index (χ1n) is 7.31. The molecular formula is C16H18N4O2S. The van der Waals surface area contributed by atoms with Crippen molar-refractivity contribution in [3.05, 3.63) is 42.5 Å². The Morgan fingerprint density at radius 1 is 1.04 bits per heavy atom. The van der Waals surface area contributed by atoms with Gasteiger partial charge in [-0.05, 0) is 48.4 Å². The van der Waals surface area contributed by atoms with Gasteiger partial charge in [0.1, 0.15) is 11.0 Å². The summed E-state index contributed by atoms with van der Waals surface area (Å²) in [5.41, 5.74) is 8.49. The lowest BCUT2D eigenvalue weighted by atomic mass is 10.3. The van der Waals surface area contributed by atoms with Gasteiger partial charge in [-0.15, -0.1) is 10.2 Å². The van der Waals surface area contributed by atoms with Crippen LogP contribution in [0.25, 0.3) is 16.7 Å². The average molecular weight is 330 g/mol. The Hall–Kier alpha value is -2.41. The van der Waals surface area contributed by atoms with E-state index in [4.69, 9.17) is 5.73 Å². The molecule has 0 radical (unpaired) electrons. The van der Waals surface area contributed by atoms with E-state index in [0.717, 1.165) is 5.52 Å². The maximum Gasteiger partial charge on any atom is 0.178 e. The van der Waals surface area contributed by atoms with Gasteiger partial charge in [0.2, 0.25) is 0 Å². The molecule has 0 aliphatic heterocycles. The summed E-state index contributed by atoms with van der Waals surface area (Å²) in [5.74, 6) is 0.221. The summed E-state index contributed by atoms with van der Waals surface area (Å²) in [6.07, 6.45) is 0. The van der Waals surface area contributed by atoms with Gasteiger partial charge in [-0.25, -0.2) is 8.42 Å². The van der Waals surface area contributed by atoms with Gasteiger partial charge in [0.15, 0.2) is 9.84 Å². The maximum absolute atomic E-state index is 12.2. The normalized spacial score (nSPS) is 12.1. The van der Waals surface area contributed by atoms with Crippen LogP contribution in [0.1, 0.15) is 13.8 Å². The van der Waals surface area contributed by atoms with Gasteiger partial charge in [-0.3, -0.25) is 0 Å². The molecule has 0 spiro atoms. The van der Waals surface area contributed by atoms with E-state index in [9.17, 15) is 8.42 Å². The number of fused-ring (bicyclic) bond motifs is 1. The molecule has 0 bridgehead atoms. The number of rotatable bonds is 4. The van der Waals surface area contributed by atoms with Crippen molar-refractivity contribution in [2.45, 2.75) is 18.7 Å². The summed E-state index contributed by atoms with van der Waals surface area (Å²) in [6.45, 7) is 3.77. The molecule has 0 saturated carbocycles. The van der Waals surface area contributed by atoms with Gasteiger partial charge >= 0.3 is 0 Å². The van der Waals surface area contributed by atoms with Crippen molar-refractivity contribution in [3.8, 4) is 5.69 Å². The third-order valence-corrected chi connectivity index (χ3v) is 5.48. The highest BCUT2D eigenvalue weighted by atomic mass is 32.2. The fourth-order valence-corrected chi connectivity index (χ4v) is 3.99. The molecule has 6 nitrogen and oxygen atoms in total. The number of aromatic nitrogens is 3. The van der Waals surface area contributed by atoms with Crippen LogP contribution < -0.4 is 5.73 Å². The van der Waals surface area contributed by atoms with Crippen LogP contribution in [0.15, 0.2) is 47.4 Å². The Morgan fingerprint density at radius 2 is 1.70 bits per heavy atom. The summed E-state index contributed by atoms with van der Waals surface area (Å²) in [4.78, 5) is 1.79. The SMILES string of the molecule is CC(C)CS(=O)(=O)c1ccc(-n2nc3ccc(N)cc3n2)cc1. The number of nitrogens with two attached hydrogens (primary N) is 1. The van der Waals surface area contributed by atoms with Crippen molar-refractivity contribution < 1.29 is 8.42 Å². The Bertz CT molecular complexity index is 944. The molecular weight excluding hydrogens is 312 g/mol. The van der Waals surface area contributed by atoms with Crippen molar-refractivity contribution in [2.24, 2.45) is 5.92 Å². The highest BCUT2D eigenvalue weighted by Crippen LogP contribution is 2.18. The van der Waals surface area contributed by atoms with Crippen LogP contribution in [0.3, 0.4) is 0 Å². The summed E-state index contributed by atoms with van der Waals surface area (Å²) < 4.78 is 24.4. The summed E-state index contributed by atoms with van der Waals surface area (Å²) in [7, 11) is -3.26. The summed E-state index contributed by atoms with van der Waals surface area (Å²) in [6, 6.07) is 11.9. The molecule has 0 amide bonds. The number of nitrogen functional groups attached to an aromatic ring is 1. The van der Waals surface area contributed by atoms with E-state index < -0.39 is 9.84 Å². The molecule has 0 aliphatic rings. The molecule has 7 heteroatoms. The quantitative estimate of drug-likeness (QED) is 0.742. The highest BCUT2D eigenvalue weighted by Gasteiger charge is 2.16. The molecule has 0 aliphatic carbocycles. The van der Waals surface area contributed by atoms with Crippen LogP contribution in [-0.2, 0) is 9.84 Å². The van der Waals surface area contributed by atoms with Crippen molar-refractivity contribution in [1.82, 2.24) is 15.0 Å². The maximum atomic E-state index is 12.2. The average Bonchev–Trinajstić information content (AvgIpc) is 2.89. The molecule has 2 N–H and O–H groups in total. The lowest BCUT2D eigenvalue weighted by Gasteiger charge is -2.07. The minimum absolute atomic E-state index is 0.0863. The number of benzene rings is 2. The van der Waals surface area contributed by atoms with Crippen LogP contribution in [0.2, 0.25) is 0 Å². The van der Waals surface area contributed by atoms with E-state index in [2.05, 4.69) is 10.2 Å². The van der Waals surface area contributed by atoms with E-state index in [-0.39, 0.29) is 11.7 Å². The van der Waals surface area contributed by atoms with E-state index in [1.165, 1.54) is 4.80 Å². The second kappa shape index (κ2) is 5.66. The number of anilines is 1. The van der Waals surface area contributed by atoms with Crippen LogP contribution in [0, 0.1) is 5.92 Å². The van der Waals surface area contributed by atoms with Crippen molar-refractivity contribution in [1.29, 1.82) is 0 Å². The predicted octanol–water partition coefficient (Wildman–Crippen LogP) is 2.43. The fraction of sp³-hybridized carbons (Fsp3) is 0.250. The van der Waals surface area contributed by atoms with E-state index in [0.29, 0.717) is 21.8 Å². The van der Waals surface area contributed by atoms with E-state index >= 15 is 0 Å². The molecule has 3 rings (SSSR count). The highest BCUT2D eigenvalue weighted by molar-refractivity contribution is 7.91. The lowest BCUT2D eigenvalue weighted by Crippen LogP contribution is -2.12. The number of hydrogen-bond acceptors (Lipinski definition) is 5.